The maximum atomic E-state index is 10.2. The van der Waals surface area contributed by atoms with Crippen molar-refractivity contribution in [1.82, 2.24) is 19.5 Å². The van der Waals surface area contributed by atoms with Crippen LogP contribution in [0.2, 0.25) is 0 Å². The minimum Gasteiger partial charge on any atom is -0.393 e. The Kier molecular flexibility index (Phi) is 3.31. The maximum absolute atomic E-state index is 10.2. The second-order valence-electron chi connectivity index (χ2n) is 4.72. The van der Waals surface area contributed by atoms with Gasteiger partial charge in [-0.1, -0.05) is 5.11 Å². The number of aliphatic hydroxyl groups excluding tert-OH is 3. The molecule has 0 spiro atoms. The minimum absolute atomic E-state index is 0.139. The molecule has 1 aliphatic rings. The van der Waals surface area contributed by atoms with Crippen molar-refractivity contribution in [2.24, 2.45) is 5.11 Å². The molecule has 0 radical (unpaired) electrons. The molecule has 2 aromatic rings. The molecule has 12 nitrogen and oxygen atoms in total. The smallest absolute Gasteiger partial charge is 0.200 e. The van der Waals surface area contributed by atoms with E-state index in [-0.39, 0.29) is 17.0 Å². The second kappa shape index (κ2) is 5.05. The number of nitrogens with zero attached hydrogens (tertiary/aromatic N) is 7. The number of imidazole rings is 1. The summed E-state index contributed by atoms with van der Waals surface area (Å²) in [5.74, 6) is 0.139. The molecule has 0 saturated carbocycles. The number of fused-ring (bicyclic) bond motifs is 1. The Balaban J connectivity index is 2.08. The third kappa shape index (κ3) is 1.87. The molecule has 3 heterocycles. The molecule has 1 fully saturated rings. The molecule has 1 saturated heterocycles. The van der Waals surface area contributed by atoms with Crippen LogP contribution in [-0.2, 0) is 4.74 Å². The van der Waals surface area contributed by atoms with Crippen molar-refractivity contribution in [2.45, 2.75) is 24.2 Å². The van der Waals surface area contributed by atoms with Gasteiger partial charge in [-0.25, -0.2) is 15.0 Å². The van der Waals surface area contributed by atoms with E-state index in [0.717, 1.165) is 0 Å². The summed E-state index contributed by atoms with van der Waals surface area (Å²) in [7, 11) is 0. The Morgan fingerprint density at radius 1 is 1.45 bits per heavy atom. The molecular weight excluding hydrogens is 296 g/mol. The molecule has 12 heteroatoms. The van der Waals surface area contributed by atoms with Crippen LogP contribution in [0.4, 0.5) is 5.82 Å². The topological polar surface area (TPSA) is 188 Å². The van der Waals surface area contributed by atoms with Gasteiger partial charge in [0.05, 0.1) is 12.9 Å². The van der Waals surface area contributed by atoms with Gasteiger partial charge in [0, 0.05) is 4.91 Å². The lowest BCUT2D eigenvalue weighted by Crippen LogP contribution is -2.44. The summed E-state index contributed by atoms with van der Waals surface area (Å²) in [5, 5.41) is 32.8. The zero-order valence-electron chi connectivity index (χ0n) is 11.1. The first-order chi connectivity index (χ1) is 10.5. The van der Waals surface area contributed by atoms with Gasteiger partial charge >= 0.3 is 0 Å². The van der Waals surface area contributed by atoms with Crippen LogP contribution >= 0.6 is 0 Å². The first-order valence-corrected chi connectivity index (χ1v) is 6.18. The Hall–Kier alpha value is -2.50. The number of rotatable bonds is 3. The molecule has 0 amide bonds. The van der Waals surface area contributed by atoms with Crippen LogP contribution in [0.3, 0.4) is 0 Å². The van der Waals surface area contributed by atoms with E-state index in [9.17, 15) is 15.3 Å². The fourth-order valence-corrected chi connectivity index (χ4v) is 2.37. The lowest BCUT2D eigenvalue weighted by molar-refractivity contribution is -0.123. The van der Waals surface area contributed by atoms with Crippen molar-refractivity contribution in [1.29, 1.82) is 0 Å². The minimum atomic E-state index is -1.99. The van der Waals surface area contributed by atoms with Crippen molar-refractivity contribution in [3.8, 4) is 0 Å². The predicted octanol–water partition coefficient (Wildman–Crippen LogP) is -1.34. The lowest BCUT2D eigenvalue weighted by atomic mass is 10.1. The van der Waals surface area contributed by atoms with E-state index in [0.29, 0.717) is 0 Å². The second-order valence-corrected chi connectivity index (χ2v) is 4.72. The Bertz CT molecular complexity index is 758. The van der Waals surface area contributed by atoms with Crippen molar-refractivity contribution >= 4 is 17.0 Å². The zero-order valence-corrected chi connectivity index (χ0v) is 11.1. The highest BCUT2D eigenvalue weighted by Gasteiger charge is 2.55. The van der Waals surface area contributed by atoms with Crippen molar-refractivity contribution < 1.29 is 20.1 Å². The highest BCUT2D eigenvalue weighted by molar-refractivity contribution is 5.81. The average Bonchev–Trinajstić information content (AvgIpc) is 3.04. The van der Waals surface area contributed by atoms with E-state index in [1.807, 2.05) is 0 Å². The third-order valence-electron chi connectivity index (χ3n) is 3.50. The van der Waals surface area contributed by atoms with E-state index in [1.54, 1.807) is 0 Å². The summed E-state index contributed by atoms with van der Waals surface area (Å²) >= 11 is 0. The molecule has 5 N–H and O–H groups in total. The van der Waals surface area contributed by atoms with Crippen LogP contribution < -0.4 is 5.73 Å². The molecule has 3 rings (SSSR count). The van der Waals surface area contributed by atoms with Crippen molar-refractivity contribution in [3.63, 3.8) is 0 Å². The summed E-state index contributed by atoms with van der Waals surface area (Å²) in [4.78, 5) is 14.3. The SMILES string of the molecule is [N-]=[N+]=NC1(CO)O[C@@H](n2cnc3c(N)ncnc32)[C@H](O)[C@@H]1O. The monoisotopic (exact) mass is 308 g/mol. The predicted molar refractivity (Wildman–Crippen MR) is 70.8 cm³/mol. The van der Waals surface area contributed by atoms with Crippen LogP contribution in [-0.4, -0.2) is 59.4 Å². The number of aliphatic hydroxyl groups is 3. The molecule has 1 aliphatic heterocycles. The molecule has 0 bridgehead atoms. The van der Waals surface area contributed by atoms with Gasteiger partial charge in [-0.05, 0) is 5.53 Å². The quantitative estimate of drug-likeness (QED) is 0.304. The van der Waals surface area contributed by atoms with E-state index in [2.05, 4.69) is 25.0 Å². The van der Waals surface area contributed by atoms with Gasteiger partial charge in [-0.3, -0.25) is 4.57 Å². The van der Waals surface area contributed by atoms with E-state index in [1.165, 1.54) is 17.2 Å². The number of nitrogen functional groups attached to an aromatic ring is 1. The third-order valence-corrected chi connectivity index (χ3v) is 3.50. The maximum Gasteiger partial charge on any atom is 0.200 e. The van der Waals surface area contributed by atoms with Crippen LogP contribution in [0, 0.1) is 0 Å². The average molecular weight is 308 g/mol. The van der Waals surface area contributed by atoms with Gasteiger partial charge in [-0.15, -0.1) is 0 Å². The van der Waals surface area contributed by atoms with Crippen LogP contribution in [0.25, 0.3) is 21.6 Å². The summed E-state index contributed by atoms with van der Waals surface area (Å²) in [6.07, 6.45) is -1.78. The number of aromatic nitrogens is 4. The fraction of sp³-hybridized carbons (Fsp3) is 0.500. The summed E-state index contributed by atoms with van der Waals surface area (Å²) in [6, 6.07) is 0. The molecule has 4 atom stereocenters. The fourth-order valence-electron chi connectivity index (χ4n) is 2.37. The number of hydrogen-bond donors (Lipinski definition) is 4. The summed E-state index contributed by atoms with van der Waals surface area (Å²) < 4.78 is 6.72. The van der Waals surface area contributed by atoms with Crippen molar-refractivity contribution in [2.75, 3.05) is 12.3 Å². The molecule has 0 aliphatic carbocycles. The van der Waals surface area contributed by atoms with Gasteiger partial charge in [-0.2, -0.15) is 0 Å². The highest BCUT2D eigenvalue weighted by atomic mass is 16.6. The lowest BCUT2D eigenvalue weighted by Gasteiger charge is -2.23. The number of nitrogens with two attached hydrogens (primary N) is 1. The first-order valence-electron chi connectivity index (χ1n) is 6.18. The number of hydrogen-bond acceptors (Lipinski definition) is 9. The van der Waals surface area contributed by atoms with Crippen LogP contribution in [0.5, 0.6) is 0 Å². The van der Waals surface area contributed by atoms with Gasteiger partial charge in [0.1, 0.15) is 24.1 Å². The molecule has 1 unspecified atom stereocenters. The highest BCUT2D eigenvalue weighted by Crippen LogP contribution is 2.39. The normalized spacial score (nSPS) is 31.3. The van der Waals surface area contributed by atoms with Crippen molar-refractivity contribution in [3.05, 3.63) is 23.1 Å². The molecule has 0 aromatic carbocycles. The Labute approximate surface area is 122 Å². The molecule has 2 aromatic heterocycles. The van der Waals surface area contributed by atoms with Crippen LogP contribution in [0.1, 0.15) is 6.23 Å². The van der Waals surface area contributed by atoms with E-state index in [4.69, 9.17) is 16.0 Å². The Morgan fingerprint density at radius 3 is 2.91 bits per heavy atom. The molecule has 116 valence electrons. The number of ether oxygens (including phenoxy) is 1. The van der Waals surface area contributed by atoms with Gasteiger partial charge in [0.2, 0.25) is 5.72 Å². The first kappa shape index (κ1) is 14.4. The standard InChI is InChI=1S/C10H12N8O4/c11-7-4-8(14-2-13-7)18(3-15-4)9-5(20)6(21)10(1-19,22-9)16-17-12/h2-3,5-6,9,19-21H,1H2,(H2,11,13,14)/t5-,6+,9-,10?/m1/s1. The van der Waals surface area contributed by atoms with Gasteiger partial charge in [0.25, 0.3) is 0 Å². The number of azide groups is 1. The molecular formula is C10H12N8O4. The van der Waals surface area contributed by atoms with Gasteiger partial charge < -0.3 is 25.8 Å². The Morgan fingerprint density at radius 2 is 2.23 bits per heavy atom. The zero-order chi connectivity index (χ0) is 15.9. The summed E-state index contributed by atoms with van der Waals surface area (Å²) in [5.41, 5.74) is 12.8. The van der Waals surface area contributed by atoms with Gasteiger partial charge in [0.15, 0.2) is 17.7 Å². The van der Waals surface area contributed by atoms with E-state index >= 15 is 0 Å². The van der Waals surface area contributed by atoms with Crippen LogP contribution in [0.15, 0.2) is 17.8 Å². The summed E-state index contributed by atoms with van der Waals surface area (Å²) in [6.45, 7) is -0.810. The van der Waals surface area contributed by atoms with E-state index < -0.39 is 30.8 Å². The number of anilines is 1. The molecule has 22 heavy (non-hydrogen) atoms. The largest absolute Gasteiger partial charge is 0.393 e.